The van der Waals surface area contributed by atoms with Gasteiger partial charge in [0.1, 0.15) is 18.5 Å². The number of carbonyl (C=O) groups excluding carboxylic acids is 1. The van der Waals surface area contributed by atoms with Crippen LogP contribution in [0.15, 0.2) is 36.4 Å². The Morgan fingerprint density at radius 1 is 1.22 bits per heavy atom. The molecule has 1 aromatic carbocycles. The molecule has 1 saturated carbocycles. The van der Waals surface area contributed by atoms with Crippen molar-refractivity contribution >= 4 is 5.97 Å². The highest BCUT2D eigenvalue weighted by Gasteiger charge is 2.43. The first-order valence-corrected chi connectivity index (χ1v) is 12.7. The van der Waals surface area contributed by atoms with Crippen LogP contribution in [-0.2, 0) is 20.4 Å². The Hall–Kier alpha value is -2.10. The largest absolute Gasteiger partial charge is 0.491 e. The van der Waals surface area contributed by atoms with E-state index in [1.807, 2.05) is 19.9 Å². The summed E-state index contributed by atoms with van der Waals surface area (Å²) < 4.78 is 54.7. The number of aliphatic hydroxyl groups is 2. The van der Waals surface area contributed by atoms with Gasteiger partial charge in [0.25, 0.3) is 0 Å². The molecule has 9 heteroatoms. The third-order valence-electron chi connectivity index (χ3n) is 6.86. The van der Waals surface area contributed by atoms with E-state index in [0.29, 0.717) is 25.4 Å². The number of carbonyl (C=O) groups is 1. The Morgan fingerprint density at radius 2 is 1.94 bits per heavy atom. The SMILES string of the molecule is CC(C)OC(=O)CCC[C@H]1CC[C@@H]2[C@@H](/C=C/[C@@H](O)COc3ccc(C(F)(F)F)cc3)[C@H](O)C[C@@H]2OC1. The van der Waals surface area contributed by atoms with Crippen molar-refractivity contribution in [1.29, 1.82) is 0 Å². The third kappa shape index (κ3) is 8.49. The second kappa shape index (κ2) is 12.9. The van der Waals surface area contributed by atoms with Gasteiger partial charge in [-0.3, -0.25) is 4.79 Å². The normalized spacial score (nSPS) is 27.6. The van der Waals surface area contributed by atoms with Crippen molar-refractivity contribution in [2.75, 3.05) is 13.2 Å². The monoisotopic (exact) mass is 514 g/mol. The zero-order valence-corrected chi connectivity index (χ0v) is 20.8. The lowest BCUT2D eigenvalue weighted by molar-refractivity contribution is -0.147. The minimum Gasteiger partial charge on any atom is -0.491 e. The van der Waals surface area contributed by atoms with Gasteiger partial charge in [0.05, 0.1) is 23.9 Å². The molecule has 2 aliphatic rings. The van der Waals surface area contributed by atoms with Crippen molar-refractivity contribution in [3.63, 3.8) is 0 Å². The van der Waals surface area contributed by atoms with E-state index in [1.165, 1.54) is 12.1 Å². The van der Waals surface area contributed by atoms with Crippen LogP contribution in [0, 0.1) is 17.8 Å². The summed E-state index contributed by atoms with van der Waals surface area (Å²) in [4.78, 5) is 11.7. The van der Waals surface area contributed by atoms with E-state index in [0.717, 1.165) is 37.8 Å². The fourth-order valence-electron chi connectivity index (χ4n) is 5.03. The molecule has 1 heterocycles. The average molecular weight is 515 g/mol. The van der Waals surface area contributed by atoms with Crippen molar-refractivity contribution in [3.8, 4) is 5.75 Å². The molecule has 202 valence electrons. The molecular formula is C27H37F3O6. The van der Waals surface area contributed by atoms with Crippen LogP contribution < -0.4 is 4.74 Å². The highest BCUT2D eigenvalue weighted by Crippen LogP contribution is 2.42. The van der Waals surface area contributed by atoms with Crippen LogP contribution in [0.25, 0.3) is 0 Å². The lowest BCUT2D eigenvalue weighted by Crippen LogP contribution is -2.22. The van der Waals surface area contributed by atoms with Crippen LogP contribution in [0.2, 0.25) is 0 Å². The molecule has 0 aromatic heterocycles. The number of aliphatic hydroxyl groups excluding tert-OH is 2. The van der Waals surface area contributed by atoms with Gasteiger partial charge in [0.15, 0.2) is 0 Å². The van der Waals surface area contributed by atoms with Crippen molar-refractivity contribution in [2.24, 2.45) is 17.8 Å². The second-order valence-electron chi connectivity index (χ2n) is 10.1. The van der Waals surface area contributed by atoms with Crippen LogP contribution in [-0.4, -0.2) is 53.8 Å². The average Bonchev–Trinajstić information content (AvgIpc) is 2.97. The van der Waals surface area contributed by atoms with E-state index in [-0.39, 0.29) is 42.4 Å². The predicted molar refractivity (Wildman–Crippen MR) is 127 cm³/mol. The van der Waals surface area contributed by atoms with E-state index in [2.05, 4.69) is 0 Å². The predicted octanol–water partition coefficient (Wildman–Crippen LogP) is 4.92. The molecule has 2 fully saturated rings. The number of benzene rings is 1. The Morgan fingerprint density at radius 3 is 2.61 bits per heavy atom. The van der Waals surface area contributed by atoms with E-state index in [9.17, 15) is 28.2 Å². The molecule has 0 radical (unpaired) electrons. The van der Waals surface area contributed by atoms with Gasteiger partial charge in [0, 0.05) is 25.4 Å². The fraction of sp³-hybridized carbons (Fsp3) is 0.667. The standard InChI is InChI=1S/C27H37F3O6/c1-17(2)36-26(33)5-3-4-18-6-12-23-22(24(32)14-25(23)35-15-18)13-9-20(31)16-34-21-10-7-19(8-11-21)27(28,29)30/h7-11,13,17-18,20,22-25,31-32H,3-6,12,14-16H2,1-2H3/b13-9+/t18-,20+,22+,23+,24+,25-/m0/s1. The topological polar surface area (TPSA) is 85.2 Å². The number of ether oxygens (including phenoxy) is 3. The van der Waals surface area contributed by atoms with Crippen LogP contribution >= 0.6 is 0 Å². The number of rotatable bonds is 10. The van der Waals surface area contributed by atoms with E-state index in [4.69, 9.17) is 14.2 Å². The summed E-state index contributed by atoms with van der Waals surface area (Å²) in [5, 5.41) is 20.9. The first-order valence-electron chi connectivity index (χ1n) is 12.7. The summed E-state index contributed by atoms with van der Waals surface area (Å²) in [6, 6.07) is 4.31. The van der Waals surface area contributed by atoms with Crippen molar-refractivity contribution in [1.82, 2.24) is 0 Å². The maximum absolute atomic E-state index is 12.7. The number of halogens is 3. The van der Waals surface area contributed by atoms with Crippen LogP contribution in [0.3, 0.4) is 0 Å². The summed E-state index contributed by atoms with van der Waals surface area (Å²) in [6.45, 7) is 4.16. The van der Waals surface area contributed by atoms with Gasteiger partial charge in [0.2, 0.25) is 0 Å². The molecule has 2 N–H and O–H groups in total. The van der Waals surface area contributed by atoms with Crippen molar-refractivity contribution in [3.05, 3.63) is 42.0 Å². The third-order valence-corrected chi connectivity index (χ3v) is 6.86. The molecule has 0 amide bonds. The molecular weight excluding hydrogens is 477 g/mol. The molecule has 0 bridgehead atoms. The summed E-state index contributed by atoms with van der Waals surface area (Å²) in [5.74, 6) is 0.389. The Balaban J connectivity index is 1.45. The number of fused-ring (bicyclic) bond motifs is 1. The molecule has 6 atom stereocenters. The Labute approximate surface area is 210 Å². The van der Waals surface area contributed by atoms with Gasteiger partial charge in [-0.15, -0.1) is 0 Å². The lowest BCUT2D eigenvalue weighted by Gasteiger charge is -2.21. The minimum atomic E-state index is -4.41. The first kappa shape index (κ1) is 28.5. The van der Waals surface area contributed by atoms with E-state index < -0.39 is 23.9 Å². The van der Waals surface area contributed by atoms with Gasteiger partial charge >= 0.3 is 12.1 Å². The fourth-order valence-corrected chi connectivity index (χ4v) is 5.03. The summed E-state index contributed by atoms with van der Waals surface area (Å²) in [7, 11) is 0. The number of hydrogen-bond donors (Lipinski definition) is 2. The quantitative estimate of drug-likeness (QED) is 0.341. The highest BCUT2D eigenvalue weighted by atomic mass is 19.4. The minimum absolute atomic E-state index is 0.0499. The first-order chi connectivity index (χ1) is 17.0. The van der Waals surface area contributed by atoms with E-state index >= 15 is 0 Å². The van der Waals surface area contributed by atoms with Crippen molar-refractivity contribution < 1.29 is 42.4 Å². The Kier molecular flexibility index (Phi) is 10.2. The summed E-state index contributed by atoms with van der Waals surface area (Å²) in [5.41, 5.74) is -0.762. The molecule has 36 heavy (non-hydrogen) atoms. The van der Waals surface area contributed by atoms with Crippen LogP contribution in [0.5, 0.6) is 5.75 Å². The molecule has 6 nitrogen and oxygen atoms in total. The summed E-state index contributed by atoms with van der Waals surface area (Å²) in [6.07, 6.45) is 1.67. The lowest BCUT2D eigenvalue weighted by atomic mass is 9.86. The zero-order chi connectivity index (χ0) is 26.3. The maximum atomic E-state index is 12.7. The van der Waals surface area contributed by atoms with Gasteiger partial charge in [-0.25, -0.2) is 0 Å². The molecule has 0 unspecified atom stereocenters. The molecule has 1 aliphatic heterocycles. The van der Waals surface area contributed by atoms with Gasteiger partial charge < -0.3 is 24.4 Å². The van der Waals surface area contributed by atoms with Crippen LogP contribution in [0.1, 0.15) is 57.9 Å². The molecule has 1 aromatic rings. The van der Waals surface area contributed by atoms with E-state index in [1.54, 1.807) is 6.08 Å². The van der Waals surface area contributed by atoms with Gasteiger partial charge in [-0.05, 0) is 75.6 Å². The van der Waals surface area contributed by atoms with Gasteiger partial charge in [-0.2, -0.15) is 13.2 Å². The van der Waals surface area contributed by atoms with Gasteiger partial charge in [-0.1, -0.05) is 12.2 Å². The smallest absolute Gasteiger partial charge is 0.416 e. The van der Waals surface area contributed by atoms with Crippen LogP contribution in [0.4, 0.5) is 13.2 Å². The number of esters is 1. The maximum Gasteiger partial charge on any atom is 0.416 e. The molecule has 0 spiro atoms. The van der Waals surface area contributed by atoms with Crippen molar-refractivity contribution in [2.45, 2.75) is 83.0 Å². The summed E-state index contributed by atoms with van der Waals surface area (Å²) >= 11 is 0. The number of hydrogen-bond acceptors (Lipinski definition) is 6. The number of alkyl halides is 3. The highest BCUT2D eigenvalue weighted by molar-refractivity contribution is 5.69. The zero-order valence-electron chi connectivity index (χ0n) is 20.8. The molecule has 1 saturated heterocycles. The Bertz CT molecular complexity index is 854. The second-order valence-corrected chi connectivity index (χ2v) is 10.1. The molecule has 3 rings (SSSR count). The molecule has 1 aliphatic carbocycles.